The molecule has 0 saturated heterocycles. The van der Waals surface area contributed by atoms with Crippen LogP contribution in [0.4, 0.5) is 5.13 Å². The van der Waals surface area contributed by atoms with E-state index in [0.717, 1.165) is 33.6 Å². The second-order valence-electron chi connectivity index (χ2n) is 5.49. The Labute approximate surface area is 144 Å². The van der Waals surface area contributed by atoms with Gasteiger partial charge in [-0.2, -0.15) is 0 Å². The number of ether oxygens (including phenoxy) is 1. The van der Waals surface area contributed by atoms with Gasteiger partial charge in [0, 0.05) is 22.0 Å². The Morgan fingerprint density at radius 3 is 2.79 bits per heavy atom. The van der Waals surface area contributed by atoms with Crippen LogP contribution in [0.3, 0.4) is 0 Å². The van der Waals surface area contributed by atoms with Gasteiger partial charge in [-0.25, -0.2) is 4.98 Å². The molecule has 0 bridgehead atoms. The fraction of sp³-hybridized carbons (Fsp3) is 0.278. The van der Waals surface area contributed by atoms with E-state index in [1.807, 2.05) is 51.1 Å². The van der Waals surface area contributed by atoms with Crippen LogP contribution in [0.1, 0.15) is 23.2 Å². The normalized spacial score (nSPS) is 10.8. The van der Waals surface area contributed by atoms with Crippen LogP contribution in [0.5, 0.6) is 5.75 Å². The number of aryl methyl sites for hydroxylation is 3. The highest BCUT2D eigenvalue weighted by Gasteiger charge is 2.11. The Morgan fingerprint density at radius 1 is 1.25 bits per heavy atom. The number of pyridine rings is 1. The molecule has 0 aliphatic carbocycles. The lowest BCUT2D eigenvalue weighted by atomic mass is 10.2. The quantitative estimate of drug-likeness (QED) is 0.765. The Balaban J connectivity index is 1.70. The molecule has 2 aromatic heterocycles. The Kier molecular flexibility index (Phi) is 4.76. The second-order valence-corrected chi connectivity index (χ2v) is 6.69. The van der Waals surface area contributed by atoms with Crippen molar-refractivity contribution in [1.82, 2.24) is 9.97 Å². The van der Waals surface area contributed by atoms with Gasteiger partial charge >= 0.3 is 0 Å². The summed E-state index contributed by atoms with van der Waals surface area (Å²) < 4.78 is 5.72. The van der Waals surface area contributed by atoms with Crippen LogP contribution in [0, 0.1) is 13.8 Å². The fourth-order valence-electron chi connectivity index (χ4n) is 2.50. The average molecular weight is 341 g/mol. The van der Waals surface area contributed by atoms with Gasteiger partial charge in [0.25, 0.3) is 5.91 Å². The minimum absolute atomic E-state index is 0.0620. The van der Waals surface area contributed by atoms with Gasteiger partial charge in [0.15, 0.2) is 11.7 Å². The number of nitrogens with one attached hydrogen (secondary N) is 1. The fourth-order valence-corrected chi connectivity index (χ4v) is 3.42. The van der Waals surface area contributed by atoms with Crippen molar-refractivity contribution in [2.24, 2.45) is 0 Å². The first-order chi connectivity index (χ1) is 11.6. The zero-order valence-electron chi connectivity index (χ0n) is 13.9. The van der Waals surface area contributed by atoms with Crippen LogP contribution in [0.25, 0.3) is 10.9 Å². The van der Waals surface area contributed by atoms with Crippen molar-refractivity contribution >= 4 is 33.3 Å². The molecule has 0 aliphatic heterocycles. The molecule has 1 aromatic carbocycles. The first-order valence-corrected chi connectivity index (χ1v) is 8.64. The number of thiazole rings is 1. The van der Waals surface area contributed by atoms with Crippen molar-refractivity contribution in [1.29, 1.82) is 0 Å². The molecular weight excluding hydrogens is 322 g/mol. The third-order valence-corrected chi connectivity index (χ3v) is 4.57. The summed E-state index contributed by atoms with van der Waals surface area (Å²) in [7, 11) is 0. The predicted molar refractivity (Wildman–Crippen MR) is 96.8 cm³/mol. The highest BCUT2D eigenvalue weighted by Crippen LogP contribution is 2.25. The lowest BCUT2D eigenvalue weighted by Crippen LogP contribution is -2.20. The van der Waals surface area contributed by atoms with Crippen molar-refractivity contribution in [3.05, 3.63) is 46.6 Å². The highest BCUT2D eigenvalue weighted by atomic mass is 32.1. The number of para-hydroxylation sites is 1. The molecular formula is C18H19N3O2S. The third-order valence-electron chi connectivity index (χ3n) is 3.64. The number of hydrogen-bond donors (Lipinski definition) is 1. The zero-order chi connectivity index (χ0) is 17.1. The van der Waals surface area contributed by atoms with Crippen LogP contribution in [-0.4, -0.2) is 22.5 Å². The molecule has 1 N–H and O–H groups in total. The van der Waals surface area contributed by atoms with Crippen molar-refractivity contribution in [3.8, 4) is 5.75 Å². The van der Waals surface area contributed by atoms with Gasteiger partial charge < -0.3 is 4.74 Å². The molecule has 3 rings (SSSR count). The van der Waals surface area contributed by atoms with E-state index in [4.69, 9.17) is 4.74 Å². The predicted octanol–water partition coefficient (Wildman–Crippen LogP) is 3.89. The molecule has 1 amide bonds. The van der Waals surface area contributed by atoms with E-state index in [9.17, 15) is 4.79 Å². The van der Waals surface area contributed by atoms with Gasteiger partial charge in [-0.3, -0.25) is 15.1 Å². The van der Waals surface area contributed by atoms with E-state index >= 15 is 0 Å². The zero-order valence-corrected chi connectivity index (χ0v) is 14.7. The molecule has 0 fully saturated rings. The van der Waals surface area contributed by atoms with Crippen molar-refractivity contribution < 1.29 is 9.53 Å². The summed E-state index contributed by atoms with van der Waals surface area (Å²) in [6.45, 7) is 5.90. The molecule has 0 atom stereocenters. The number of rotatable bonds is 5. The Hall–Kier alpha value is -2.47. The number of hydrogen-bond acceptors (Lipinski definition) is 5. The Morgan fingerprint density at radius 2 is 2.04 bits per heavy atom. The van der Waals surface area contributed by atoms with E-state index < -0.39 is 0 Å². The molecule has 0 spiro atoms. The number of nitrogens with zero attached hydrogens (tertiary/aromatic N) is 2. The van der Waals surface area contributed by atoms with Gasteiger partial charge in [0.1, 0.15) is 5.75 Å². The number of carbonyl (C=O) groups excluding carboxylic acids is 1. The van der Waals surface area contributed by atoms with Crippen LogP contribution < -0.4 is 10.1 Å². The van der Waals surface area contributed by atoms with Gasteiger partial charge in [0.2, 0.25) is 0 Å². The molecule has 0 saturated carbocycles. The standard InChI is InChI=1S/C18H19N3O2S/c1-4-14-12(3)24-18(20-14)21-17(22)10-23-16-9-11(2)19-15-8-6-5-7-13(15)16/h5-9H,4,10H2,1-3H3,(H,20,21,22). The summed E-state index contributed by atoms with van der Waals surface area (Å²) >= 11 is 1.49. The van der Waals surface area contributed by atoms with Gasteiger partial charge in [-0.15, -0.1) is 11.3 Å². The monoisotopic (exact) mass is 341 g/mol. The maximum absolute atomic E-state index is 12.1. The van der Waals surface area contributed by atoms with Gasteiger partial charge in [0.05, 0.1) is 11.2 Å². The molecule has 3 aromatic rings. The maximum atomic E-state index is 12.1. The number of anilines is 1. The number of amides is 1. The SMILES string of the molecule is CCc1nc(NC(=O)COc2cc(C)nc3ccccc23)sc1C. The smallest absolute Gasteiger partial charge is 0.264 e. The van der Waals surface area contributed by atoms with Gasteiger partial charge in [-0.1, -0.05) is 19.1 Å². The average Bonchev–Trinajstić information content (AvgIpc) is 2.91. The van der Waals surface area contributed by atoms with Gasteiger partial charge in [-0.05, 0) is 32.4 Å². The minimum atomic E-state index is -0.218. The summed E-state index contributed by atoms with van der Waals surface area (Å²) in [5, 5.41) is 4.31. The maximum Gasteiger partial charge on any atom is 0.264 e. The molecule has 2 heterocycles. The number of carbonyl (C=O) groups is 1. The minimum Gasteiger partial charge on any atom is -0.483 e. The van der Waals surface area contributed by atoms with Crippen molar-refractivity contribution in [2.75, 3.05) is 11.9 Å². The second kappa shape index (κ2) is 6.97. The molecule has 124 valence electrons. The van der Waals surface area contributed by atoms with E-state index in [-0.39, 0.29) is 12.5 Å². The van der Waals surface area contributed by atoms with E-state index in [1.54, 1.807) is 0 Å². The third kappa shape index (κ3) is 3.54. The molecule has 6 heteroatoms. The van der Waals surface area contributed by atoms with E-state index in [2.05, 4.69) is 15.3 Å². The first-order valence-electron chi connectivity index (χ1n) is 7.82. The van der Waals surface area contributed by atoms with E-state index in [0.29, 0.717) is 10.9 Å². The molecule has 5 nitrogen and oxygen atoms in total. The summed E-state index contributed by atoms with van der Waals surface area (Å²) in [5.74, 6) is 0.447. The van der Waals surface area contributed by atoms with Crippen LogP contribution >= 0.6 is 11.3 Å². The summed E-state index contributed by atoms with van der Waals surface area (Å²) in [6.07, 6.45) is 0.858. The molecule has 0 unspecified atom stereocenters. The first kappa shape index (κ1) is 16.4. The molecule has 0 radical (unpaired) electrons. The highest BCUT2D eigenvalue weighted by molar-refractivity contribution is 7.15. The lowest BCUT2D eigenvalue weighted by Gasteiger charge is -2.09. The number of aromatic nitrogens is 2. The van der Waals surface area contributed by atoms with E-state index in [1.165, 1.54) is 11.3 Å². The molecule has 0 aliphatic rings. The topological polar surface area (TPSA) is 64.1 Å². The van der Waals surface area contributed by atoms with Crippen LogP contribution in [-0.2, 0) is 11.2 Å². The summed E-state index contributed by atoms with van der Waals surface area (Å²) in [5.41, 5.74) is 2.73. The lowest BCUT2D eigenvalue weighted by molar-refractivity contribution is -0.118. The van der Waals surface area contributed by atoms with Crippen molar-refractivity contribution in [3.63, 3.8) is 0 Å². The van der Waals surface area contributed by atoms with Crippen LogP contribution in [0.2, 0.25) is 0 Å². The van der Waals surface area contributed by atoms with Crippen LogP contribution in [0.15, 0.2) is 30.3 Å². The molecule has 24 heavy (non-hydrogen) atoms. The summed E-state index contributed by atoms with van der Waals surface area (Å²) in [6, 6.07) is 9.57. The van der Waals surface area contributed by atoms with Crippen molar-refractivity contribution in [2.45, 2.75) is 27.2 Å². The summed E-state index contributed by atoms with van der Waals surface area (Å²) in [4.78, 5) is 22.1. The Bertz CT molecular complexity index is 889. The number of fused-ring (bicyclic) bond motifs is 1. The number of benzene rings is 1. The largest absolute Gasteiger partial charge is 0.483 e.